The second kappa shape index (κ2) is 4.00. The topological polar surface area (TPSA) is 38.3 Å². The van der Waals surface area contributed by atoms with Gasteiger partial charge in [0.1, 0.15) is 5.75 Å². The van der Waals surface area contributed by atoms with Crippen LogP contribution in [0.4, 0.5) is 0 Å². The van der Waals surface area contributed by atoms with Gasteiger partial charge in [-0.15, -0.1) is 0 Å². The molecule has 4 heteroatoms. The summed E-state index contributed by atoms with van der Waals surface area (Å²) in [4.78, 5) is 11.2. The molecule has 1 N–H and O–H groups in total. The Morgan fingerprint density at radius 2 is 2.07 bits per heavy atom. The van der Waals surface area contributed by atoms with Crippen molar-refractivity contribution in [1.29, 1.82) is 0 Å². The lowest BCUT2D eigenvalue weighted by atomic mass is 10.3. The van der Waals surface area contributed by atoms with Crippen molar-refractivity contribution in [2.45, 2.75) is 12.5 Å². The van der Waals surface area contributed by atoms with E-state index in [1.165, 1.54) is 0 Å². The van der Waals surface area contributed by atoms with Crippen molar-refractivity contribution in [3.63, 3.8) is 0 Å². The van der Waals surface area contributed by atoms with Crippen LogP contribution in [0.15, 0.2) is 28.7 Å². The van der Waals surface area contributed by atoms with Gasteiger partial charge in [-0.05, 0) is 24.3 Å². The molecule has 0 bridgehead atoms. The zero-order chi connectivity index (χ0) is 9.97. The number of ether oxygens (including phenoxy) is 1. The van der Waals surface area contributed by atoms with Crippen LogP contribution < -0.4 is 10.1 Å². The minimum atomic E-state index is -0.323. The van der Waals surface area contributed by atoms with E-state index >= 15 is 0 Å². The van der Waals surface area contributed by atoms with Crippen LogP contribution in [0.25, 0.3) is 0 Å². The summed E-state index contributed by atoms with van der Waals surface area (Å²) in [5.74, 6) is 0.711. The maximum absolute atomic E-state index is 11.2. The van der Waals surface area contributed by atoms with Crippen LogP contribution in [0.2, 0.25) is 0 Å². The maximum atomic E-state index is 11.2. The number of carbonyl (C=O) groups is 1. The standard InChI is InChI=1S/C10H10BrNO2/c11-7-1-3-8(4-2-7)14-9-5-6-12-10(9)13/h1-4,9H,5-6H2,(H,12,13)/t9-/m1/s1. The number of nitrogens with one attached hydrogen (secondary N) is 1. The number of hydrogen-bond acceptors (Lipinski definition) is 2. The minimum absolute atomic E-state index is 0.0204. The number of halogens is 1. The number of benzene rings is 1. The zero-order valence-corrected chi connectivity index (χ0v) is 9.08. The highest BCUT2D eigenvalue weighted by molar-refractivity contribution is 9.10. The highest BCUT2D eigenvalue weighted by Crippen LogP contribution is 2.18. The molecule has 0 saturated carbocycles. The Kier molecular flexibility index (Phi) is 2.72. The molecule has 1 amide bonds. The van der Waals surface area contributed by atoms with E-state index in [1.54, 1.807) is 0 Å². The number of hydrogen-bond donors (Lipinski definition) is 1. The van der Waals surface area contributed by atoms with Crippen molar-refractivity contribution in [3.05, 3.63) is 28.7 Å². The van der Waals surface area contributed by atoms with E-state index in [2.05, 4.69) is 21.2 Å². The van der Waals surface area contributed by atoms with Crippen LogP contribution in [-0.4, -0.2) is 18.6 Å². The van der Waals surface area contributed by atoms with Crippen molar-refractivity contribution in [2.24, 2.45) is 0 Å². The fraction of sp³-hybridized carbons (Fsp3) is 0.300. The molecule has 1 atom stereocenters. The Bertz CT molecular complexity index is 336. The molecule has 1 aromatic carbocycles. The molecule has 2 rings (SSSR count). The average molecular weight is 256 g/mol. The van der Waals surface area contributed by atoms with Gasteiger partial charge in [0.15, 0.2) is 6.10 Å². The third-order valence-corrected chi connectivity index (χ3v) is 2.62. The summed E-state index contributed by atoms with van der Waals surface area (Å²) in [6, 6.07) is 7.47. The average Bonchev–Trinajstić information content (AvgIpc) is 2.56. The highest BCUT2D eigenvalue weighted by Gasteiger charge is 2.25. The predicted molar refractivity (Wildman–Crippen MR) is 56.2 cm³/mol. The molecule has 0 aromatic heterocycles. The predicted octanol–water partition coefficient (Wildman–Crippen LogP) is 1.72. The Balaban J connectivity index is 2.03. The summed E-state index contributed by atoms with van der Waals surface area (Å²) in [6.07, 6.45) is 0.422. The Morgan fingerprint density at radius 3 is 2.64 bits per heavy atom. The molecule has 1 heterocycles. The molecular weight excluding hydrogens is 246 g/mol. The lowest BCUT2D eigenvalue weighted by molar-refractivity contribution is -0.124. The summed E-state index contributed by atoms with van der Waals surface area (Å²) in [5, 5.41) is 2.73. The first kappa shape index (κ1) is 9.52. The van der Waals surface area contributed by atoms with Crippen molar-refractivity contribution < 1.29 is 9.53 Å². The molecule has 3 nitrogen and oxygen atoms in total. The first-order valence-electron chi connectivity index (χ1n) is 4.45. The molecule has 0 radical (unpaired) electrons. The second-order valence-electron chi connectivity index (χ2n) is 3.14. The van der Waals surface area contributed by atoms with E-state index in [0.29, 0.717) is 6.54 Å². The molecule has 1 fully saturated rings. The van der Waals surface area contributed by atoms with E-state index in [0.717, 1.165) is 16.6 Å². The number of rotatable bonds is 2. The molecule has 1 aromatic rings. The monoisotopic (exact) mass is 255 g/mol. The molecule has 1 aliphatic rings. The highest BCUT2D eigenvalue weighted by atomic mass is 79.9. The molecule has 0 unspecified atom stereocenters. The first-order valence-corrected chi connectivity index (χ1v) is 5.25. The van der Waals surface area contributed by atoms with Gasteiger partial charge in [0, 0.05) is 17.4 Å². The molecular formula is C10H10BrNO2. The summed E-state index contributed by atoms with van der Waals surface area (Å²) >= 11 is 3.34. The van der Waals surface area contributed by atoms with Crippen LogP contribution in [-0.2, 0) is 4.79 Å². The van der Waals surface area contributed by atoms with Gasteiger partial charge in [0.2, 0.25) is 0 Å². The van der Waals surface area contributed by atoms with Crippen LogP contribution in [0.1, 0.15) is 6.42 Å². The molecule has 0 aliphatic carbocycles. The van der Waals surface area contributed by atoms with Gasteiger partial charge < -0.3 is 10.1 Å². The van der Waals surface area contributed by atoms with E-state index < -0.39 is 0 Å². The van der Waals surface area contributed by atoms with Crippen LogP contribution in [0.5, 0.6) is 5.75 Å². The van der Waals surface area contributed by atoms with Crippen LogP contribution in [0, 0.1) is 0 Å². The Morgan fingerprint density at radius 1 is 1.36 bits per heavy atom. The zero-order valence-electron chi connectivity index (χ0n) is 7.50. The van der Waals surface area contributed by atoms with Crippen molar-refractivity contribution >= 4 is 21.8 Å². The summed E-state index contributed by atoms with van der Waals surface area (Å²) < 4.78 is 6.51. The lowest BCUT2D eigenvalue weighted by Crippen LogP contribution is -2.27. The van der Waals surface area contributed by atoms with E-state index in [9.17, 15) is 4.79 Å². The summed E-state index contributed by atoms with van der Waals surface area (Å²) in [6.45, 7) is 0.708. The Hall–Kier alpha value is -1.03. The fourth-order valence-electron chi connectivity index (χ4n) is 1.36. The Labute approximate surface area is 90.6 Å². The van der Waals surface area contributed by atoms with Crippen molar-refractivity contribution in [1.82, 2.24) is 5.32 Å². The van der Waals surface area contributed by atoms with Gasteiger partial charge in [-0.2, -0.15) is 0 Å². The lowest BCUT2D eigenvalue weighted by Gasteiger charge is -2.10. The number of carbonyl (C=O) groups excluding carboxylic acids is 1. The number of amides is 1. The van der Waals surface area contributed by atoms with Crippen molar-refractivity contribution in [2.75, 3.05) is 6.54 Å². The van der Waals surface area contributed by atoms with E-state index in [1.807, 2.05) is 24.3 Å². The normalized spacial score (nSPS) is 20.6. The summed E-state index contributed by atoms with van der Waals surface area (Å²) in [7, 11) is 0. The third-order valence-electron chi connectivity index (χ3n) is 2.09. The minimum Gasteiger partial charge on any atom is -0.481 e. The van der Waals surface area contributed by atoms with Crippen LogP contribution in [0.3, 0.4) is 0 Å². The van der Waals surface area contributed by atoms with Gasteiger partial charge in [0.25, 0.3) is 5.91 Å². The van der Waals surface area contributed by atoms with Crippen molar-refractivity contribution in [3.8, 4) is 5.75 Å². The van der Waals surface area contributed by atoms with Gasteiger partial charge in [-0.1, -0.05) is 15.9 Å². The van der Waals surface area contributed by atoms with Gasteiger partial charge >= 0.3 is 0 Å². The van der Waals surface area contributed by atoms with Crippen LogP contribution >= 0.6 is 15.9 Å². The van der Waals surface area contributed by atoms with E-state index in [4.69, 9.17) is 4.74 Å². The largest absolute Gasteiger partial charge is 0.481 e. The molecule has 1 saturated heterocycles. The quantitative estimate of drug-likeness (QED) is 0.874. The second-order valence-corrected chi connectivity index (χ2v) is 4.06. The molecule has 0 spiro atoms. The first-order chi connectivity index (χ1) is 6.75. The summed E-state index contributed by atoms with van der Waals surface area (Å²) in [5.41, 5.74) is 0. The maximum Gasteiger partial charge on any atom is 0.261 e. The van der Waals surface area contributed by atoms with E-state index in [-0.39, 0.29) is 12.0 Å². The smallest absolute Gasteiger partial charge is 0.261 e. The van der Waals surface area contributed by atoms with Gasteiger partial charge in [-0.25, -0.2) is 0 Å². The fourth-order valence-corrected chi connectivity index (χ4v) is 1.63. The molecule has 1 aliphatic heterocycles. The molecule has 74 valence electrons. The third kappa shape index (κ3) is 2.07. The van der Waals surface area contributed by atoms with Gasteiger partial charge in [-0.3, -0.25) is 4.79 Å². The SMILES string of the molecule is O=C1NCC[C@H]1Oc1ccc(Br)cc1. The molecule has 14 heavy (non-hydrogen) atoms. The van der Waals surface area contributed by atoms with Gasteiger partial charge in [0.05, 0.1) is 0 Å².